The van der Waals surface area contributed by atoms with Gasteiger partial charge in [0.25, 0.3) is 5.56 Å². The van der Waals surface area contributed by atoms with Gasteiger partial charge in [-0.05, 0) is 38.1 Å². The Kier molecular flexibility index (Phi) is 3.94. The van der Waals surface area contributed by atoms with Crippen LogP contribution in [-0.2, 0) is 6.54 Å². The molecule has 2 heterocycles. The van der Waals surface area contributed by atoms with Crippen LogP contribution < -0.4 is 10.5 Å². The fourth-order valence-electron chi connectivity index (χ4n) is 2.37. The van der Waals surface area contributed by atoms with Crippen LogP contribution in [0.4, 0.5) is 10.1 Å². The van der Waals surface area contributed by atoms with Gasteiger partial charge in [-0.15, -0.1) is 11.3 Å². The van der Waals surface area contributed by atoms with Gasteiger partial charge >= 0.3 is 0 Å². The predicted molar refractivity (Wildman–Crippen MR) is 87.2 cm³/mol. The predicted octanol–water partition coefficient (Wildman–Crippen LogP) is 3.23. The number of rotatable bonds is 4. The second-order valence-corrected chi connectivity index (χ2v) is 6.28. The topological polar surface area (TPSA) is 37.6 Å². The molecule has 6 heteroatoms. The highest BCUT2D eigenvalue weighted by Crippen LogP contribution is 2.18. The van der Waals surface area contributed by atoms with Crippen LogP contribution >= 0.6 is 11.3 Å². The van der Waals surface area contributed by atoms with Crippen LogP contribution in [0.25, 0.3) is 4.96 Å². The van der Waals surface area contributed by atoms with Crippen molar-refractivity contribution in [1.29, 1.82) is 0 Å². The molecule has 0 atom stereocenters. The van der Waals surface area contributed by atoms with Crippen LogP contribution in [0, 0.1) is 12.7 Å². The number of benzene rings is 1. The zero-order chi connectivity index (χ0) is 15.7. The highest BCUT2D eigenvalue weighted by Gasteiger charge is 2.10. The second kappa shape index (κ2) is 5.88. The molecule has 0 aliphatic rings. The van der Waals surface area contributed by atoms with Crippen LogP contribution in [0.1, 0.15) is 17.5 Å². The standard InChI is InChI=1S/C16H16FN3OS/c1-3-19(14-6-4-12(17)5-7-14)10-13-8-15(21)20-9-11(2)22-16(20)18-13/h4-9H,3,10H2,1-2H3. The van der Waals surface area contributed by atoms with E-state index >= 15 is 0 Å². The third-order valence-corrected chi connectivity index (χ3v) is 4.36. The number of aryl methyl sites for hydroxylation is 1. The van der Waals surface area contributed by atoms with Crippen LogP contribution in [0.2, 0.25) is 0 Å². The van der Waals surface area contributed by atoms with Gasteiger partial charge in [-0.2, -0.15) is 0 Å². The second-order valence-electron chi connectivity index (χ2n) is 5.07. The molecule has 22 heavy (non-hydrogen) atoms. The lowest BCUT2D eigenvalue weighted by molar-refractivity contribution is 0.627. The Balaban J connectivity index is 1.93. The lowest BCUT2D eigenvalue weighted by Crippen LogP contribution is -2.24. The maximum absolute atomic E-state index is 13.0. The Morgan fingerprint density at radius 3 is 2.73 bits per heavy atom. The Labute approximate surface area is 131 Å². The maximum atomic E-state index is 13.0. The first-order valence-electron chi connectivity index (χ1n) is 7.06. The highest BCUT2D eigenvalue weighted by molar-refractivity contribution is 7.16. The van der Waals surface area contributed by atoms with Gasteiger partial charge < -0.3 is 4.90 Å². The van der Waals surface area contributed by atoms with Crippen molar-refractivity contribution in [3.63, 3.8) is 0 Å². The molecule has 0 amide bonds. The number of halogens is 1. The van der Waals surface area contributed by atoms with E-state index in [2.05, 4.69) is 9.88 Å². The van der Waals surface area contributed by atoms with E-state index in [9.17, 15) is 9.18 Å². The summed E-state index contributed by atoms with van der Waals surface area (Å²) in [7, 11) is 0. The molecule has 114 valence electrons. The van der Waals surface area contributed by atoms with Gasteiger partial charge in [0, 0.05) is 29.4 Å². The molecule has 0 spiro atoms. The van der Waals surface area contributed by atoms with E-state index in [4.69, 9.17) is 0 Å². The summed E-state index contributed by atoms with van der Waals surface area (Å²) < 4.78 is 14.6. The summed E-state index contributed by atoms with van der Waals surface area (Å²) in [5.41, 5.74) is 1.56. The van der Waals surface area contributed by atoms with Crippen LogP contribution in [0.3, 0.4) is 0 Å². The highest BCUT2D eigenvalue weighted by atomic mass is 32.1. The van der Waals surface area contributed by atoms with Gasteiger partial charge in [0.15, 0.2) is 4.96 Å². The van der Waals surface area contributed by atoms with E-state index in [1.165, 1.54) is 23.5 Å². The maximum Gasteiger partial charge on any atom is 0.258 e. The normalized spacial score (nSPS) is 11.0. The molecule has 2 aromatic heterocycles. The largest absolute Gasteiger partial charge is 0.366 e. The first-order chi connectivity index (χ1) is 10.6. The number of aromatic nitrogens is 2. The summed E-state index contributed by atoms with van der Waals surface area (Å²) >= 11 is 1.50. The zero-order valence-electron chi connectivity index (χ0n) is 12.4. The Bertz CT molecular complexity index is 854. The van der Waals surface area contributed by atoms with E-state index < -0.39 is 0 Å². The van der Waals surface area contributed by atoms with E-state index in [-0.39, 0.29) is 11.4 Å². The first kappa shape index (κ1) is 14.7. The molecule has 3 rings (SSSR count). The molecule has 0 aliphatic heterocycles. The van der Waals surface area contributed by atoms with Gasteiger partial charge in [0.05, 0.1) is 12.2 Å². The van der Waals surface area contributed by atoms with Crippen LogP contribution in [0.15, 0.2) is 41.3 Å². The Morgan fingerprint density at radius 1 is 1.32 bits per heavy atom. The smallest absolute Gasteiger partial charge is 0.258 e. The van der Waals surface area contributed by atoms with E-state index in [1.54, 1.807) is 28.8 Å². The molecule has 3 aromatic rings. The molecule has 0 aliphatic carbocycles. The molecule has 0 fully saturated rings. The van der Waals surface area contributed by atoms with E-state index in [0.29, 0.717) is 11.5 Å². The molecule has 1 aromatic carbocycles. The third kappa shape index (κ3) is 2.87. The number of fused-ring (bicyclic) bond motifs is 1. The molecule has 0 bridgehead atoms. The number of hydrogen-bond donors (Lipinski definition) is 0. The van der Waals surface area contributed by atoms with Crippen molar-refractivity contribution >= 4 is 22.0 Å². The zero-order valence-corrected chi connectivity index (χ0v) is 13.2. The van der Waals surface area contributed by atoms with Gasteiger partial charge in [-0.25, -0.2) is 9.37 Å². The molecule has 0 saturated carbocycles. The summed E-state index contributed by atoms with van der Waals surface area (Å²) in [5.74, 6) is -0.258. The molecular formula is C16H16FN3OS. The fraction of sp³-hybridized carbons (Fsp3) is 0.250. The van der Waals surface area contributed by atoms with E-state index in [0.717, 1.165) is 22.8 Å². The SMILES string of the molecule is CCN(Cc1cc(=O)n2cc(C)sc2n1)c1ccc(F)cc1. The average Bonchev–Trinajstić information content (AvgIpc) is 2.87. The minimum absolute atomic E-state index is 0.0699. The summed E-state index contributed by atoms with van der Waals surface area (Å²) in [5, 5.41) is 0. The molecule has 0 unspecified atom stereocenters. The first-order valence-corrected chi connectivity index (χ1v) is 7.87. The third-order valence-electron chi connectivity index (χ3n) is 3.46. The van der Waals surface area contributed by atoms with Crippen molar-refractivity contribution < 1.29 is 4.39 Å². The van der Waals surface area contributed by atoms with Gasteiger partial charge in [0.1, 0.15) is 5.82 Å². The monoisotopic (exact) mass is 317 g/mol. The molecular weight excluding hydrogens is 301 g/mol. The number of nitrogens with zero attached hydrogens (tertiary/aromatic N) is 3. The van der Waals surface area contributed by atoms with Gasteiger partial charge in [0.2, 0.25) is 0 Å². The minimum atomic E-state index is -0.258. The quantitative estimate of drug-likeness (QED) is 0.741. The fourth-order valence-corrected chi connectivity index (χ4v) is 3.22. The van der Waals surface area contributed by atoms with Crippen molar-refractivity contribution in [1.82, 2.24) is 9.38 Å². The average molecular weight is 317 g/mol. The van der Waals surface area contributed by atoms with Crippen molar-refractivity contribution in [2.24, 2.45) is 0 Å². The Morgan fingerprint density at radius 2 is 2.05 bits per heavy atom. The number of hydrogen-bond acceptors (Lipinski definition) is 4. The summed E-state index contributed by atoms with van der Waals surface area (Å²) in [6.07, 6.45) is 1.80. The van der Waals surface area contributed by atoms with Gasteiger partial charge in [-0.1, -0.05) is 0 Å². The summed E-state index contributed by atoms with van der Waals surface area (Å²) in [6.45, 7) is 5.24. The molecule has 4 nitrogen and oxygen atoms in total. The Hall–Kier alpha value is -2.21. The number of thiazole rings is 1. The minimum Gasteiger partial charge on any atom is -0.366 e. The lowest BCUT2D eigenvalue weighted by Gasteiger charge is -2.22. The van der Waals surface area contributed by atoms with Crippen LogP contribution in [0.5, 0.6) is 0 Å². The lowest BCUT2D eigenvalue weighted by atomic mass is 10.2. The van der Waals surface area contributed by atoms with Gasteiger partial charge in [-0.3, -0.25) is 9.20 Å². The summed E-state index contributed by atoms with van der Waals surface area (Å²) in [6, 6.07) is 7.91. The van der Waals surface area contributed by atoms with Crippen molar-refractivity contribution in [2.45, 2.75) is 20.4 Å². The molecule has 0 radical (unpaired) electrons. The molecule has 0 N–H and O–H groups in total. The van der Waals surface area contributed by atoms with E-state index in [1.807, 2.05) is 13.8 Å². The summed E-state index contributed by atoms with van der Waals surface area (Å²) in [4.78, 5) is 20.5. The van der Waals surface area contributed by atoms with Crippen molar-refractivity contribution in [3.8, 4) is 0 Å². The number of anilines is 1. The van der Waals surface area contributed by atoms with Crippen molar-refractivity contribution in [2.75, 3.05) is 11.4 Å². The van der Waals surface area contributed by atoms with Crippen molar-refractivity contribution in [3.05, 3.63) is 63.3 Å². The molecule has 0 saturated heterocycles. The van der Waals surface area contributed by atoms with Crippen LogP contribution in [-0.4, -0.2) is 15.9 Å².